The quantitative estimate of drug-likeness (QED) is 0.642. The summed E-state index contributed by atoms with van der Waals surface area (Å²) >= 11 is 1.51. The molecule has 2 N–H and O–H groups in total. The van der Waals surface area contributed by atoms with E-state index in [9.17, 15) is 4.79 Å². The van der Waals surface area contributed by atoms with Crippen molar-refractivity contribution in [2.75, 3.05) is 18.5 Å². The largest absolute Gasteiger partial charge is 0.398 e. The van der Waals surface area contributed by atoms with Crippen molar-refractivity contribution in [2.45, 2.75) is 23.8 Å². The normalized spacial score (nSPS) is 14.8. The first kappa shape index (κ1) is 11.3. The molecule has 16 heavy (non-hydrogen) atoms. The first-order valence-electron chi connectivity index (χ1n) is 5.41. The van der Waals surface area contributed by atoms with E-state index in [2.05, 4.69) is 0 Å². The molecule has 0 aromatic heterocycles. The zero-order valence-corrected chi connectivity index (χ0v) is 10.2. The van der Waals surface area contributed by atoms with Crippen LogP contribution >= 0.6 is 11.8 Å². The Balaban J connectivity index is 1.87. The summed E-state index contributed by atoms with van der Waals surface area (Å²) in [6.45, 7) is 0. The number of nitrogen functional groups attached to an aromatic ring is 1. The topological polar surface area (TPSA) is 46.3 Å². The van der Waals surface area contributed by atoms with E-state index in [1.807, 2.05) is 36.2 Å². The average molecular weight is 236 g/mol. The van der Waals surface area contributed by atoms with Crippen LogP contribution < -0.4 is 5.73 Å². The van der Waals surface area contributed by atoms with E-state index in [1.165, 1.54) is 11.8 Å². The number of thioether (sulfide) groups is 1. The second-order valence-corrected chi connectivity index (χ2v) is 5.08. The van der Waals surface area contributed by atoms with E-state index >= 15 is 0 Å². The minimum absolute atomic E-state index is 0.191. The Labute approximate surface area is 100.0 Å². The third kappa shape index (κ3) is 2.70. The number of hydrogen-bond donors (Lipinski definition) is 1. The van der Waals surface area contributed by atoms with Crippen LogP contribution in [0.5, 0.6) is 0 Å². The lowest BCUT2D eigenvalue weighted by atomic mass is 10.3. The van der Waals surface area contributed by atoms with E-state index < -0.39 is 0 Å². The monoisotopic (exact) mass is 236 g/mol. The van der Waals surface area contributed by atoms with Crippen LogP contribution in [0.1, 0.15) is 12.8 Å². The number of nitrogens with zero attached hydrogens (tertiary/aromatic N) is 1. The van der Waals surface area contributed by atoms with Crippen molar-refractivity contribution < 1.29 is 4.79 Å². The van der Waals surface area contributed by atoms with Gasteiger partial charge in [-0.25, -0.2) is 0 Å². The van der Waals surface area contributed by atoms with E-state index in [1.54, 1.807) is 0 Å². The van der Waals surface area contributed by atoms with Crippen molar-refractivity contribution in [3.05, 3.63) is 24.3 Å². The van der Waals surface area contributed by atoms with Crippen molar-refractivity contribution in [1.29, 1.82) is 0 Å². The van der Waals surface area contributed by atoms with E-state index in [-0.39, 0.29) is 5.91 Å². The summed E-state index contributed by atoms with van der Waals surface area (Å²) in [6, 6.07) is 8.13. The maximum absolute atomic E-state index is 11.8. The van der Waals surface area contributed by atoms with E-state index in [0.29, 0.717) is 11.8 Å². The van der Waals surface area contributed by atoms with Crippen molar-refractivity contribution in [1.82, 2.24) is 4.90 Å². The van der Waals surface area contributed by atoms with Crippen molar-refractivity contribution in [3.63, 3.8) is 0 Å². The molecule has 1 saturated carbocycles. The molecule has 0 bridgehead atoms. The number of para-hydroxylation sites is 1. The maximum atomic E-state index is 11.8. The molecule has 0 radical (unpaired) electrons. The summed E-state index contributed by atoms with van der Waals surface area (Å²) in [6.07, 6.45) is 2.31. The molecular formula is C12H16N2OS. The number of amides is 1. The fraction of sp³-hybridized carbons (Fsp3) is 0.417. The van der Waals surface area contributed by atoms with Gasteiger partial charge in [-0.2, -0.15) is 0 Å². The van der Waals surface area contributed by atoms with Crippen molar-refractivity contribution >= 4 is 23.4 Å². The SMILES string of the molecule is CN(C(=O)CSc1ccccc1N)C1CC1. The standard InChI is InChI=1S/C12H16N2OS/c1-14(9-6-7-9)12(15)8-16-11-5-3-2-4-10(11)13/h2-5,9H,6-8,13H2,1H3. The van der Waals surface area contributed by atoms with Gasteiger partial charge in [0.05, 0.1) is 5.75 Å². The molecule has 0 spiro atoms. The predicted octanol–water partition coefficient (Wildman–Crippen LogP) is 1.98. The number of anilines is 1. The molecular weight excluding hydrogens is 220 g/mol. The highest BCUT2D eigenvalue weighted by atomic mass is 32.2. The van der Waals surface area contributed by atoms with Crippen LogP contribution in [-0.2, 0) is 4.79 Å². The molecule has 1 amide bonds. The van der Waals surface area contributed by atoms with Crippen LogP contribution in [0.2, 0.25) is 0 Å². The lowest BCUT2D eigenvalue weighted by Crippen LogP contribution is -2.30. The summed E-state index contributed by atoms with van der Waals surface area (Å²) in [5.74, 6) is 0.664. The van der Waals surface area contributed by atoms with Crippen LogP contribution in [0.25, 0.3) is 0 Å². The lowest BCUT2D eigenvalue weighted by Gasteiger charge is -2.15. The van der Waals surface area contributed by atoms with Gasteiger partial charge in [0.15, 0.2) is 0 Å². The molecule has 0 heterocycles. The molecule has 1 fully saturated rings. The summed E-state index contributed by atoms with van der Waals surface area (Å²) in [4.78, 5) is 14.6. The molecule has 1 aliphatic carbocycles. The smallest absolute Gasteiger partial charge is 0.232 e. The molecule has 4 heteroatoms. The van der Waals surface area contributed by atoms with Gasteiger partial charge in [-0.05, 0) is 25.0 Å². The molecule has 0 atom stereocenters. The van der Waals surface area contributed by atoms with Gasteiger partial charge < -0.3 is 10.6 Å². The van der Waals surface area contributed by atoms with Gasteiger partial charge in [-0.15, -0.1) is 11.8 Å². The zero-order chi connectivity index (χ0) is 11.5. The Morgan fingerprint density at radius 1 is 1.50 bits per heavy atom. The Morgan fingerprint density at radius 3 is 2.81 bits per heavy atom. The van der Waals surface area contributed by atoms with Crippen LogP contribution in [0, 0.1) is 0 Å². The number of rotatable bonds is 4. The summed E-state index contributed by atoms with van der Waals surface area (Å²) in [7, 11) is 1.88. The number of nitrogens with two attached hydrogens (primary N) is 1. The third-order valence-electron chi connectivity index (χ3n) is 2.76. The first-order chi connectivity index (χ1) is 7.68. The van der Waals surface area contributed by atoms with E-state index in [4.69, 9.17) is 5.73 Å². The molecule has 3 nitrogen and oxygen atoms in total. The fourth-order valence-electron chi connectivity index (χ4n) is 1.52. The van der Waals surface area contributed by atoms with E-state index in [0.717, 1.165) is 23.4 Å². The fourth-order valence-corrected chi connectivity index (χ4v) is 2.41. The van der Waals surface area contributed by atoms with Gasteiger partial charge in [-0.3, -0.25) is 4.79 Å². The molecule has 86 valence electrons. The second kappa shape index (κ2) is 4.78. The summed E-state index contributed by atoms with van der Waals surface area (Å²) in [5, 5.41) is 0. The van der Waals surface area contributed by atoms with Crippen LogP contribution in [-0.4, -0.2) is 29.6 Å². The van der Waals surface area contributed by atoms with Gasteiger partial charge in [0.1, 0.15) is 0 Å². The molecule has 1 aromatic rings. The van der Waals surface area contributed by atoms with Gasteiger partial charge in [-0.1, -0.05) is 12.1 Å². The molecule has 0 saturated heterocycles. The Morgan fingerprint density at radius 2 is 2.19 bits per heavy atom. The number of hydrogen-bond acceptors (Lipinski definition) is 3. The predicted molar refractivity (Wildman–Crippen MR) is 67.4 cm³/mol. The number of carbonyl (C=O) groups is 1. The van der Waals surface area contributed by atoms with Crippen molar-refractivity contribution in [2.24, 2.45) is 0 Å². The highest BCUT2D eigenvalue weighted by Crippen LogP contribution is 2.28. The minimum Gasteiger partial charge on any atom is -0.398 e. The summed E-state index contributed by atoms with van der Waals surface area (Å²) < 4.78 is 0. The minimum atomic E-state index is 0.191. The van der Waals surface area contributed by atoms with Gasteiger partial charge >= 0.3 is 0 Å². The van der Waals surface area contributed by atoms with Gasteiger partial charge in [0.2, 0.25) is 5.91 Å². The van der Waals surface area contributed by atoms with Gasteiger partial charge in [0.25, 0.3) is 0 Å². The molecule has 0 unspecified atom stereocenters. The molecule has 2 rings (SSSR count). The number of carbonyl (C=O) groups excluding carboxylic acids is 1. The first-order valence-corrected chi connectivity index (χ1v) is 6.40. The molecule has 0 aliphatic heterocycles. The molecule has 1 aromatic carbocycles. The number of benzene rings is 1. The van der Waals surface area contributed by atoms with Crippen molar-refractivity contribution in [3.8, 4) is 0 Å². The van der Waals surface area contributed by atoms with Crippen LogP contribution in [0.15, 0.2) is 29.2 Å². The second-order valence-electron chi connectivity index (χ2n) is 4.06. The van der Waals surface area contributed by atoms with Crippen LogP contribution in [0.3, 0.4) is 0 Å². The average Bonchev–Trinajstić information content (AvgIpc) is 3.10. The highest BCUT2D eigenvalue weighted by molar-refractivity contribution is 8.00. The highest BCUT2D eigenvalue weighted by Gasteiger charge is 2.29. The zero-order valence-electron chi connectivity index (χ0n) is 9.35. The van der Waals surface area contributed by atoms with Crippen LogP contribution in [0.4, 0.5) is 5.69 Å². The maximum Gasteiger partial charge on any atom is 0.232 e. The third-order valence-corrected chi connectivity index (χ3v) is 3.83. The Hall–Kier alpha value is -1.16. The Bertz CT molecular complexity index is 390. The molecule has 1 aliphatic rings. The lowest BCUT2D eigenvalue weighted by molar-refractivity contribution is -0.127. The Kier molecular flexibility index (Phi) is 3.39. The summed E-state index contributed by atoms with van der Waals surface area (Å²) in [5.41, 5.74) is 6.55. The van der Waals surface area contributed by atoms with Gasteiger partial charge in [0, 0.05) is 23.7 Å².